The first kappa shape index (κ1) is 13.0. The van der Waals surface area contributed by atoms with Gasteiger partial charge >= 0.3 is 0 Å². The van der Waals surface area contributed by atoms with Crippen molar-refractivity contribution in [3.05, 3.63) is 26.6 Å². The molecular weight excluding hydrogens is 278 g/mol. The molecule has 1 aliphatic rings. The summed E-state index contributed by atoms with van der Waals surface area (Å²) < 4.78 is 3.01. The average molecular weight is 295 g/mol. The smallest absolute Gasteiger partial charge is 0.272 e. The maximum absolute atomic E-state index is 12.3. The van der Waals surface area contributed by atoms with Crippen molar-refractivity contribution in [3.8, 4) is 0 Å². The van der Waals surface area contributed by atoms with Crippen LogP contribution in [0.3, 0.4) is 0 Å². The Morgan fingerprint density at radius 2 is 2.11 bits per heavy atom. The lowest BCUT2D eigenvalue weighted by Crippen LogP contribution is -2.25. The number of nitrogens with zero attached hydrogens (tertiary/aromatic N) is 2. The van der Waals surface area contributed by atoms with Crippen molar-refractivity contribution in [3.63, 3.8) is 0 Å². The minimum atomic E-state index is 0.0511. The van der Waals surface area contributed by atoms with Crippen LogP contribution in [0.1, 0.15) is 19.3 Å². The highest BCUT2D eigenvalue weighted by molar-refractivity contribution is 7.71. The molecular formula is C13H17N3OS2. The minimum absolute atomic E-state index is 0.0511. The zero-order chi connectivity index (χ0) is 13.2. The fourth-order valence-electron chi connectivity index (χ4n) is 2.63. The Morgan fingerprint density at radius 3 is 2.89 bits per heavy atom. The third kappa shape index (κ3) is 2.66. The molecule has 0 amide bonds. The highest BCUT2D eigenvalue weighted by Crippen LogP contribution is 2.14. The Labute approximate surface area is 120 Å². The minimum Gasteiger partial charge on any atom is -0.331 e. The molecule has 0 radical (unpaired) electrons. The first-order chi connectivity index (χ1) is 9.25. The maximum Gasteiger partial charge on any atom is 0.272 e. The number of aromatic amines is 1. The van der Waals surface area contributed by atoms with Crippen molar-refractivity contribution in [1.29, 1.82) is 0 Å². The Kier molecular flexibility index (Phi) is 3.81. The zero-order valence-electron chi connectivity index (χ0n) is 10.7. The first-order valence-corrected chi connectivity index (χ1v) is 7.97. The van der Waals surface area contributed by atoms with Crippen molar-refractivity contribution < 1.29 is 0 Å². The van der Waals surface area contributed by atoms with Crippen molar-refractivity contribution >= 4 is 33.8 Å². The van der Waals surface area contributed by atoms with E-state index in [9.17, 15) is 4.79 Å². The molecule has 0 atom stereocenters. The number of hydrogen-bond acceptors (Lipinski definition) is 4. The van der Waals surface area contributed by atoms with E-state index in [-0.39, 0.29) is 5.56 Å². The molecule has 0 spiro atoms. The van der Waals surface area contributed by atoms with Gasteiger partial charge in [0.1, 0.15) is 4.70 Å². The van der Waals surface area contributed by atoms with Gasteiger partial charge in [-0.05, 0) is 62.6 Å². The normalized spacial score (nSPS) is 16.4. The third-order valence-corrected chi connectivity index (χ3v) is 4.87. The summed E-state index contributed by atoms with van der Waals surface area (Å²) >= 11 is 6.75. The van der Waals surface area contributed by atoms with Crippen LogP contribution in [0.5, 0.6) is 0 Å². The summed E-state index contributed by atoms with van der Waals surface area (Å²) in [5.41, 5.74) is 0.908. The van der Waals surface area contributed by atoms with Gasteiger partial charge in [0.25, 0.3) is 5.56 Å². The lowest BCUT2D eigenvalue weighted by molar-refractivity contribution is 0.324. The standard InChI is InChI=1S/C13H17N3OS2/c17-12-11-10(4-9-19-11)14-13(18)16(12)8-3-7-15-5-1-2-6-15/h4,9H,1-3,5-8H2,(H,14,18). The van der Waals surface area contributed by atoms with E-state index < -0.39 is 0 Å². The van der Waals surface area contributed by atoms with E-state index >= 15 is 0 Å². The summed E-state index contributed by atoms with van der Waals surface area (Å²) in [6, 6.07) is 1.91. The van der Waals surface area contributed by atoms with Crippen LogP contribution in [-0.4, -0.2) is 34.1 Å². The number of thiophene rings is 1. The molecule has 19 heavy (non-hydrogen) atoms. The van der Waals surface area contributed by atoms with Crippen LogP contribution in [-0.2, 0) is 6.54 Å². The number of nitrogens with one attached hydrogen (secondary N) is 1. The molecule has 6 heteroatoms. The molecule has 0 bridgehead atoms. The molecule has 0 unspecified atom stereocenters. The van der Waals surface area contributed by atoms with Gasteiger partial charge in [0.15, 0.2) is 4.77 Å². The fourth-order valence-corrected chi connectivity index (χ4v) is 3.71. The van der Waals surface area contributed by atoms with E-state index in [0.717, 1.165) is 23.2 Å². The second kappa shape index (κ2) is 5.56. The molecule has 2 aromatic heterocycles. The SMILES string of the molecule is O=c1c2sccc2[nH]c(=S)n1CCCN1CCCC1. The van der Waals surface area contributed by atoms with Crippen LogP contribution in [0, 0.1) is 4.77 Å². The maximum atomic E-state index is 12.3. The van der Waals surface area contributed by atoms with Crippen LogP contribution < -0.4 is 5.56 Å². The lowest BCUT2D eigenvalue weighted by atomic mass is 10.3. The number of H-pyrrole nitrogens is 1. The summed E-state index contributed by atoms with van der Waals surface area (Å²) in [5.74, 6) is 0. The van der Waals surface area contributed by atoms with Crippen molar-refractivity contribution in [2.75, 3.05) is 19.6 Å². The van der Waals surface area contributed by atoms with Crippen molar-refractivity contribution in [1.82, 2.24) is 14.5 Å². The van der Waals surface area contributed by atoms with E-state index in [2.05, 4.69) is 9.88 Å². The quantitative estimate of drug-likeness (QED) is 0.882. The molecule has 0 aliphatic carbocycles. The average Bonchev–Trinajstić information content (AvgIpc) is 3.03. The Morgan fingerprint density at radius 1 is 1.32 bits per heavy atom. The summed E-state index contributed by atoms with van der Waals surface area (Å²) in [5, 5.41) is 1.92. The monoisotopic (exact) mass is 295 g/mol. The van der Waals surface area contributed by atoms with E-state index in [1.54, 1.807) is 4.57 Å². The van der Waals surface area contributed by atoms with Crippen LogP contribution in [0.15, 0.2) is 16.2 Å². The fraction of sp³-hybridized carbons (Fsp3) is 0.538. The molecule has 3 heterocycles. The third-order valence-electron chi connectivity index (χ3n) is 3.65. The van der Waals surface area contributed by atoms with Crippen molar-refractivity contribution in [2.45, 2.75) is 25.8 Å². The van der Waals surface area contributed by atoms with Gasteiger partial charge in [0.05, 0.1) is 5.52 Å². The Balaban J connectivity index is 1.76. The second-order valence-electron chi connectivity index (χ2n) is 4.95. The summed E-state index contributed by atoms with van der Waals surface area (Å²) in [6.07, 6.45) is 3.59. The van der Waals surface area contributed by atoms with Gasteiger partial charge in [-0.3, -0.25) is 9.36 Å². The number of hydrogen-bond donors (Lipinski definition) is 1. The van der Waals surface area contributed by atoms with Crippen LogP contribution in [0.25, 0.3) is 10.2 Å². The van der Waals surface area contributed by atoms with Crippen LogP contribution >= 0.6 is 23.6 Å². The van der Waals surface area contributed by atoms with Gasteiger partial charge in [-0.1, -0.05) is 0 Å². The van der Waals surface area contributed by atoms with Gasteiger partial charge in [0.2, 0.25) is 0 Å². The van der Waals surface area contributed by atoms with Gasteiger partial charge in [-0.15, -0.1) is 11.3 Å². The predicted molar refractivity (Wildman–Crippen MR) is 81.6 cm³/mol. The number of rotatable bonds is 4. The summed E-state index contributed by atoms with van der Waals surface area (Å²) in [4.78, 5) is 17.9. The van der Waals surface area contributed by atoms with Crippen molar-refractivity contribution in [2.24, 2.45) is 0 Å². The molecule has 102 valence electrons. The van der Waals surface area contributed by atoms with E-state index in [4.69, 9.17) is 12.2 Å². The molecule has 2 aromatic rings. The highest BCUT2D eigenvalue weighted by atomic mass is 32.1. The zero-order valence-corrected chi connectivity index (χ0v) is 12.4. The van der Waals surface area contributed by atoms with Gasteiger partial charge in [0, 0.05) is 6.54 Å². The molecule has 0 saturated carbocycles. The first-order valence-electron chi connectivity index (χ1n) is 6.68. The summed E-state index contributed by atoms with van der Waals surface area (Å²) in [7, 11) is 0. The van der Waals surface area contributed by atoms with E-state index in [1.165, 1.54) is 37.3 Å². The molecule has 3 rings (SSSR count). The summed E-state index contributed by atoms with van der Waals surface area (Å²) in [6.45, 7) is 4.17. The Hall–Kier alpha value is -0.980. The van der Waals surface area contributed by atoms with Crippen LogP contribution in [0.2, 0.25) is 0 Å². The molecule has 1 saturated heterocycles. The second-order valence-corrected chi connectivity index (χ2v) is 6.26. The van der Waals surface area contributed by atoms with Gasteiger partial charge < -0.3 is 9.88 Å². The van der Waals surface area contributed by atoms with E-state index in [1.807, 2.05) is 11.4 Å². The predicted octanol–water partition coefficient (Wildman–Crippen LogP) is 2.61. The number of fused-ring (bicyclic) bond motifs is 1. The van der Waals surface area contributed by atoms with Gasteiger partial charge in [-0.25, -0.2) is 0 Å². The molecule has 1 aliphatic heterocycles. The van der Waals surface area contributed by atoms with E-state index in [0.29, 0.717) is 11.3 Å². The number of aromatic nitrogens is 2. The largest absolute Gasteiger partial charge is 0.331 e. The topological polar surface area (TPSA) is 41.0 Å². The van der Waals surface area contributed by atoms with Crippen LogP contribution in [0.4, 0.5) is 0 Å². The lowest BCUT2D eigenvalue weighted by Gasteiger charge is -2.14. The van der Waals surface area contributed by atoms with Gasteiger partial charge in [-0.2, -0.15) is 0 Å². The number of likely N-dealkylation sites (tertiary alicyclic amines) is 1. The highest BCUT2D eigenvalue weighted by Gasteiger charge is 2.11. The molecule has 0 aromatic carbocycles. The molecule has 1 N–H and O–H groups in total. The molecule has 4 nitrogen and oxygen atoms in total. The Bertz CT molecular complexity index is 679. The molecule has 1 fully saturated rings.